The Morgan fingerprint density at radius 2 is 2.20 bits per heavy atom. The van der Waals surface area contributed by atoms with E-state index in [-0.39, 0.29) is 17.6 Å². The van der Waals surface area contributed by atoms with Gasteiger partial charge in [-0.2, -0.15) is 0 Å². The molecule has 2 fully saturated rings. The van der Waals surface area contributed by atoms with Gasteiger partial charge in [0.25, 0.3) is 5.91 Å². The van der Waals surface area contributed by atoms with Gasteiger partial charge in [0.15, 0.2) is 0 Å². The lowest BCUT2D eigenvalue weighted by molar-refractivity contribution is -0.139. The van der Waals surface area contributed by atoms with Crippen molar-refractivity contribution in [1.82, 2.24) is 9.88 Å². The number of amides is 1. The maximum atomic E-state index is 12.3. The molecule has 5 nitrogen and oxygen atoms in total. The van der Waals surface area contributed by atoms with Gasteiger partial charge in [0.2, 0.25) is 0 Å². The molecule has 0 aromatic carbocycles. The molecule has 5 heteroatoms. The van der Waals surface area contributed by atoms with Gasteiger partial charge in [-0.15, -0.1) is 0 Å². The number of aryl methyl sites for hydroxylation is 1. The molecule has 0 saturated carbocycles. The fraction of sp³-hybridized carbons (Fsp3) is 0.667. The van der Waals surface area contributed by atoms with E-state index in [1.165, 1.54) is 0 Å². The van der Waals surface area contributed by atoms with Crippen LogP contribution in [0.25, 0.3) is 0 Å². The maximum absolute atomic E-state index is 12.3. The number of carbonyl (C=O) groups is 1. The summed E-state index contributed by atoms with van der Waals surface area (Å²) < 4.78 is 13.3. The Hall–Kier alpha value is -1.33. The van der Waals surface area contributed by atoms with Crippen molar-refractivity contribution in [2.75, 3.05) is 19.8 Å². The van der Waals surface area contributed by atoms with Crippen molar-refractivity contribution >= 4 is 5.91 Å². The first kappa shape index (κ1) is 13.6. The lowest BCUT2D eigenvalue weighted by Crippen LogP contribution is -2.51. The molecule has 0 bridgehead atoms. The third-order valence-electron chi connectivity index (χ3n) is 4.41. The van der Waals surface area contributed by atoms with E-state index in [0.717, 1.165) is 45.5 Å². The summed E-state index contributed by atoms with van der Waals surface area (Å²) in [5, 5.41) is 3.15. The Bertz CT molecular complexity index is 472. The standard InChI is InChI=1S/C15H22N2O3/c1-17-7-2-3-13(17)14(18)16-12-4-8-20-15(11-12)5-9-19-10-6-15/h2-3,7,12H,4-6,8-11H2,1H3,(H,16,18). The zero-order chi connectivity index (χ0) is 14.0. The number of nitrogens with zero attached hydrogens (tertiary/aromatic N) is 1. The second kappa shape index (κ2) is 5.58. The lowest BCUT2D eigenvalue weighted by atomic mass is 9.84. The molecule has 2 saturated heterocycles. The van der Waals surface area contributed by atoms with Crippen LogP contribution in [-0.2, 0) is 16.5 Å². The van der Waals surface area contributed by atoms with Gasteiger partial charge in [-0.1, -0.05) is 0 Å². The van der Waals surface area contributed by atoms with Crippen molar-refractivity contribution in [3.8, 4) is 0 Å². The van der Waals surface area contributed by atoms with Crippen molar-refractivity contribution < 1.29 is 14.3 Å². The van der Waals surface area contributed by atoms with E-state index in [1.807, 2.05) is 29.9 Å². The highest BCUT2D eigenvalue weighted by Crippen LogP contribution is 2.34. The zero-order valence-electron chi connectivity index (χ0n) is 11.9. The van der Waals surface area contributed by atoms with Crippen LogP contribution in [0.3, 0.4) is 0 Å². The number of hydrogen-bond acceptors (Lipinski definition) is 3. The normalized spacial score (nSPS) is 25.6. The molecule has 1 spiro atoms. The number of aromatic nitrogens is 1. The van der Waals surface area contributed by atoms with Gasteiger partial charge in [0, 0.05) is 39.1 Å². The first-order valence-corrected chi connectivity index (χ1v) is 7.32. The molecule has 1 N–H and O–H groups in total. The average Bonchev–Trinajstić information content (AvgIpc) is 2.86. The van der Waals surface area contributed by atoms with Crippen LogP contribution in [-0.4, -0.2) is 41.9 Å². The van der Waals surface area contributed by atoms with Crippen LogP contribution in [0.2, 0.25) is 0 Å². The van der Waals surface area contributed by atoms with Gasteiger partial charge in [-0.3, -0.25) is 4.79 Å². The topological polar surface area (TPSA) is 52.5 Å². The van der Waals surface area contributed by atoms with Gasteiger partial charge in [0.05, 0.1) is 5.60 Å². The number of rotatable bonds is 2. The molecular formula is C15H22N2O3. The quantitative estimate of drug-likeness (QED) is 0.891. The summed E-state index contributed by atoms with van der Waals surface area (Å²) in [5.74, 6) is 0.00612. The summed E-state index contributed by atoms with van der Waals surface area (Å²) in [6, 6.07) is 3.93. The molecule has 3 heterocycles. The van der Waals surface area contributed by atoms with E-state index in [1.54, 1.807) is 0 Å². The molecule has 1 aromatic heterocycles. The highest BCUT2D eigenvalue weighted by molar-refractivity contribution is 5.92. The Kier molecular flexibility index (Phi) is 3.81. The van der Waals surface area contributed by atoms with Gasteiger partial charge < -0.3 is 19.4 Å². The maximum Gasteiger partial charge on any atom is 0.268 e. The minimum Gasteiger partial charge on any atom is -0.381 e. The molecule has 1 atom stereocenters. The molecule has 0 radical (unpaired) electrons. The summed E-state index contributed by atoms with van der Waals surface area (Å²) in [5.41, 5.74) is 0.625. The lowest BCUT2D eigenvalue weighted by Gasteiger charge is -2.43. The monoisotopic (exact) mass is 278 g/mol. The third kappa shape index (κ3) is 2.74. The van der Waals surface area contributed by atoms with Crippen LogP contribution < -0.4 is 5.32 Å². The van der Waals surface area contributed by atoms with E-state index in [2.05, 4.69) is 5.32 Å². The van der Waals surface area contributed by atoms with Crippen LogP contribution in [0.5, 0.6) is 0 Å². The summed E-state index contributed by atoms with van der Waals surface area (Å²) >= 11 is 0. The van der Waals surface area contributed by atoms with Gasteiger partial charge in [0.1, 0.15) is 5.69 Å². The molecular weight excluding hydrogens is 256 g/mol. The van der Waals surface area contributed by atoms with E-state index in [0.29, 0.717) is 5.69 Å². The minimum atomic E-state index is -0.0807. The Labute approximate surface area is 119 Å². The van der Waals surface area contributed by atoms with Crippen LogP contribution >= 0.6 is 0 Å². The number of carbonyl (C=O) groups excluding carboxylic acids is 1. The van der Waals surface area contributed by atoms with Crippen molar-refractivity contribution in [3.63, 3.8) is 0 Å². The largest absolute Gasteiger partial charge is 0.381 e. The highest BCUT2D eigenvalue weighted by atomic mass is 16.5. The smallest absolute Gasteiger partial charge is 0.268 e. The second-order valence-electron chi connectivity index (χ2n) is 5.81. The SMILES string of the molecule is Cn1cccc1C(=O)NC1CCOC2(CCOCC2)C1. The van der Waals surface area contributed by atoms with Gasteiger partial charge >= 0.3 is 0 Å². The Morgan fingerprint density at radius 3 is 2.90 bits per heavy atom. The molecule has 2 aliphatic heterocycles. The molecule has 2 aliphatic rings. The van der Waals surface area contributed by atoms with Crippen LogP contribution in [0, 0.1) is 0 Å². The molecule has 1 unspecified atom stereocenters. The number of nitrogens with one attached hydrogen (secondary N) is 1. The van der Waals surface area contributed by atoms with Crippen LogP contribution in [0.4, 0.5) is 0 Å². The van der Waals surface area contributed by atoms with Crippen molar-refractivity contribution in [2.24, 2.45) is 7.05 Å². The Morgan fingerprint density at radius 1 is 1.40 bits per heavy atom. The predicted octanol–water partition coefficient (Wildman–Crippen LogP) is 1.48. The minimum absolute atomic E-state index is 0.00612. The second-order valence-corrected chi connectivity index (χ2v) is 5.81. The fourth-order valence-electron chi connectivity index (χ4n) is 3.20. The van der Waals surface area contributed by atoms with Crippen LogP contribution in [0.1, 0.15) is 36.2 Å². The van der Waals surface area contributed by atoms with Gasteiger partial charge in [-0.05, 0) is 37.8 Å². The Balaban J connectivity index is 1.63. The third-order valence-corrected chi connectivity index (χ3v) is 4.41. The molecule has 110 valence electrons. The summed E-state index contributed by atoms with van der Waals surface area (Å²) in [6.07, 6.45) is 5.54. The summed E-state index contributed by atoms with van der Waals surface area (Å²) in [4.78, 5) is 12.3. The number of hydrogen-bond donors (Lipinski definition) is 1. The van der Waals surface area contributed by atoms with Crippen molar-refractivity contribution in [3.05, 3.63) is 24.0 Å². The summed E-state index contributed by atoms with van der Waals surface area (Å²) in [7, 11) is 1.89. The predicted molar refractivity (Wildman–Crippen MR) is 74.6 cm³/mol. The van der Waals surface area contributed by atoms with E-state index < -0.39 is 0 Å². The zero-order valence-corrected chi connectivity index (χ0v) is 11.9. The summed E-state index contributed by atoms with van der Waals surface area (Å²) in [6.45, 7) is 2.25. The van der Waals surface area contributed by atoms with E-state index in [4.69, 9.17) is 9.47 Å². The molecule has 0 aliphatic carbocycles. The number of ether oxygens (including phenoxy) is 2. The molecule has 1 aromatic rings. The van der Waals surface area contributed by atoms with Crippen molar-refractivity contribution in [1.29, 1.82) is 0 Å². The average molecular weight is 278 g/mol. The fourth-order valence-corrected chi connectivity index (χ4v) is 3.20. The molecule has 1 amide bonds. The molecule has 20 heavy (non-hydrogen) atoms. The van der Waals surface area contributed by atoms with Crippen LogP contribution in [0.15, 0.2) is 18.3 Å². The van der Waals surface area contributed by atoms with E-state index >= 15 is 0 Å². The van der Waals surface area contributed by atoms with Gasteiger partial charge in [-0.25, -0.2) is 0 Å². The first-order chi connectivity index (χ1) is 9.69. The highest BCUT2D eigenvalue weighted by Gasteiger charge is 2.39. The first-order valence-electron chi connectivity index (χ1n) is 7.32. The van der Waals surface area contributed by atoms with E-state index in [9.17, 15) is 4.79 Å². The van der Waals surface area contributed by atoms with Crippen molar-refractivity contribution in [2.45, 2.75) is 37.3 Å². The molecule has 3 rings (SSSR count).